The Bertz CT molecular complexity index is 2260. The van der Waals surface area contributed by atoms with Gasteiger partial charge in [0, 0.05) is 24.3 Å². The minimum absolute atomic E-state index is 0.00616. The van der Waals surface area contributed by atoms with E-state index in [2.05, 4.69) is 26.3 Å². The molecule has 16 heteroatoms. The number of sulfonamides is 1. The van der Waals surface area contributed by atoms with Gasteiger partial charge in [0.2, 0.25) is 27.7 Å². The van der Waals surface area contributed by atoms with E-state index in [-0.39, 0.29) is 31.4 Å². The van der Waals surface area contributed by atoms with Gasteiger partial charge in [-0.25, -0.2) is 18.2 Å². The molecule has 3 aliphatic carbocycles. The van der Waals surface area contributed by atoms with Crippen molar-refractivity contribution in [2.45, 2.75) is 144 Å². The van der Waals surface area contributed by atoms with Gasteiger partial charge in [-0.15, -0.1) is 0 Å². The minimum Gasteiger partial charge on any atom is -0.492 e. The van der Waals surface area contributed by atoms with E-state index in [1.807, 2.05) is 42.5 Å². The molecule has 63 heavy (non-hydrogen) atoms. The molecule has 0 spiro atoms. The molecule has 4 aliphatic heterocycles. The number of hydrogen-bond donors (Lipinski definition) is 3. The Morgan fingerprint density at radius 2 is 1.79 bits per heavy atom. The van der Waals surface area contributed by atoms with Gasteiger partial charge in [-0.1, -0.05) is 43.2 Å². The van der Waals surface area contributed by atoms with Crippen molar-refractivity contribution in [3.8, 4) is 11.6 Å². The molecule has 1 aromatic heterocycles. The van der Waals surface area contributed by atoms with Crippen LogP contribution in [0.2, 0.25) is 0 Å². The molecule has 3 bridgehead atoms. The molecular weight excluding hydrogens is 825 g/mol. The number of nitrogens with one attached hydrogen (secondary N) is 3. The van der Waals surface area contributed by atoms with Crippen LogP contribution in [-0.2, 0) is 29.1 Å². The number of carbonyl (C=O) groups is 4. The molecule has 7 atom stereocenters. The maximum absolute atomic E-state index is 14.8. The maximum Gasteiger partial charge on any atom is 0.408 e. The van der Waals surface area contributed by atoms with Crippen LogP contribution in [0.1, 0.15) is 115 Å². The topological polar surface area (TPSA) is 186 Å². The summed E-state index contributed by atoms with van der Waals surface area (Å²) in [5, 5.41) is 6.67. The first-order valence-corrected chi connectivity index (χ1v) is 24.9. The van der Waals surface area contributed by atoms with Crippen molar-refractivity contribution in [2.75, 3.05) is 32.8 Å². The minimum atomic E-state index is -4.00. The number of fused-ring (bicyclic) bond motifs is 6. The van der Waals surface area contributed by atoms with Gasteiger partial charge in [0.25, 0.3) is 5.91 Å². The van der Waals surface area contributed by atoms with Crippen LogP contribution in [0.3, 0.4) is 0 Å². The number of nitrogens with zero attached hydrogens (tertiary/aromatic N) is 3. The Balaban J connectivity index is 1.05. The van der Waals surface area contributed by atoms with Crippen LogP contribution in [0, 0.1) is 11.8 Å². The van der Waals surface area contributed by atoms with Gasteiger partial charge in [-0.05, 0) is 128 Å². The molecule has 3 N–H and O–H groups in total. The van der Waals surface area contributed by atoms with E-state index in [0.717, 1.165) is 70.0 Å². The number of hydrogen-bond acceptors (Lipinski definition) is 11. The number of rotatable bonds is 8. The second-order valence-electron chi connectivity index (χ2n) is 19.1. The molecule has 3 saturated carbocycles. The predicted octanol–water partition coefficient (Wildman–Crippen LogP) is 5.52. The number of para-hydroxylation sites is 1. The van der Waals surface area contributed by atoms with Crippen molar-refractivity contribution < 1.29 is 41.8 Å². The fourth-order valence-corrected chi connectivity index (χ4v) is 11.1. The molecule has 340 valence electrons. The maximum atomic E-state index is 14.8. The monoisotopic (exact) mass is 886 g/mol. The summed E-state index contributed by atoms with van der Waals surface area (Å²) < 4.78 is 47.2. The molecule has 2 saturated heterocycles. The van der Waals surface area contributed by atoms with E-state index in [0.29, 0.717) is 61.4 Å². The third-order valence-corrected chi connectivity index (χ3v) is 16.5. The summed E-state index contributed by atoms with van der Waals surface area (Å²) in [5.41, 5.74) is -0.156. The van der Waals surface area contributed by atoms with Crippen LogP contribution in [0.25, 0.3) is 17.0 Å². The molecular formula is C47H62N6O9S. The van der Waals surface area contributed by atoms with Gasteiger partial charge in [0.1, 0.15) is 35.6 Å². The lowest BCUT2D eigenvalue weighted by Crippen LogP contribution is -2.58. The highest BCUT2D eigenvalue weighted by Crippen LogP contribution is 2.48. The Morgan fingerprint density at radius 3 is 2.62 bits per heavy atom. The lowest BCUT2D eigenvalue weighted by molar-refractivity contribution is -0.141. The van der Waals surface area contributed by atoms with Crippen LogP contribution in [0.5, 0.6) is 11.6 Å². The van der Waals surface area contributed by atoms with Gasteiger partial charge >= 0.3 is 6.09 Å². The number of amides is 4. The summed E-state index contributed by atoms with van der Waals surface area (Å²) in [4.78, 5) is 65.9. The number of benzene rings is 1. The Hall–Kier alpha value is -4.70. The highest BCUT2D eigenvalue weighted by molar-refractivity contribution is 7.91. The SMILES string of the molecule is CC1(S(=O)(=O)NC(=O)[C@@]23C[C@H]2/C=C/CCCCC[C@@H]2NC(=O)O[C@@H]4C[C@H]4CCC/C=C/c4c(nc5ccccc5c4OCCCN4CCCC4)O[C@H]4C[C@H](C(=O)N3)N(C4)C2=O)CC1. The summed E-state index contributed by atoms with van der Waals surface area (Å²) in [5.74, 6) is -1.05. The van der Waals surface area contributed by atoms with Crippen LogP contribution >= 0.6 is 0 Å². The number of allylic oxidation sites excluding steroid dienone is 2. The molecule has 2 aromatic rings. The van der Waals surface area contributed by atoms with Crippen molar-refractivity contribution in [3.05, 3.63) is 48.1 Å². The van der Waals surface area contributed by atoms with Crippen LogP contribution in [0.15, 0.2) is 42.5 Å². The Labute approximate surface area is 370 Å². The van der Waals surface area contributed by atoms with E-state index in [1.165, 1.54) is 17.7 Å². The largest absolute Gasteiger partial charge is 0.492 e. The van der Waals surface area contributed by atoms with Crippen LogP contribution in [-0.4, -0.2) is 114 Å². The molecule has 7 aliphatic rings. The smallest absolute Gasteiger partial charge is 0.408 e. The second kappa shape index (κ2) is 18.1. The molecule has 0 unspecified atom stereocenters. The Morgan fingerprint density at radius 1 is 0.984 bits per heavy atom. The van der Waals surface area contributed by atoms with Gasteiger partial charge in [0.05, 0.1) is 29.0 Å². The highest BCUT2D eigenvalue weighted by atomic mass is 32.2. The van der Waals surface area contributed by atoms with E-state index in [9.17, 15) is 27.6 Å². The number of carbonyl (C=O) groups excluding carboxylic acids is 4. The third-order valence-electron chi connectivity index (χ3n) is 14.3. The standard InChI is InChI=1S/C47H62N6O9S/c1-46(21-22-46)63(58,59)51-44(56)47-29-32(47)16-7-3-2-4-9-20-37-43(55)53-30-33(28-38(53)41(54)50-47)61-42-35(18-8-5-6-15-31-27-39(31)62-45(57)49-37)40(34-17-10-11-19-36(34)48-42)60-26-14-25-52-23-12-13-24-52/h7-8,10-11,16-19,31-33,37-39H,2-6,9,12-15,20-30H2,1H3,(H,49,57)(H,50,54)(H,51,56)/b16-7+,18-8+/t31-,32-,33+,37+,38-,39-,47-/m1/s1. The van der Waals surface area contributed by atoms with Gasteiger partial charge in [-0.2, -0.15) is 0 Å². The molecule has 5 fully saturated rings. The number of pyridine rings is 1. The third kappa shape index (κ3) is 9.57. The van der Waals surface area contributed by atoms with Gasteiger partial charge in [-0.3, -0.25) is 19.1 Å². The van der Waals surface area contributed by atoms with Gasteiger partial charge in [0.15, 0.2) is 0 Å². The van der Waals surface area contributed by atoms with Crippen molar-refractivity contribution in [3.63, 3.8) is 0 Å². The van der Waals surface area contributed by atoms with Crippen molar-refractivity contribution in [1.29, 1.82) is 0 Å². The van der Waals surface area contributed by atoms with E-state index in [1.54, 1.807) is 6.92 Å². The zero-order valence-electron chi connectivity index (χ0n) is 36.4. The normalized spacial score (nSPS) is 32.1. The first kappa shape index (κ1) is 43.5. The molecule has 0 radical (unpaired) electrons. The van der Waals surface area contributed by atoms with Crippen LogP contribution < -0.4 is 24.8 Å². The molecule has 1 aromatic carbocycles. The summed E-state index contributed by atoms with van der Waals surface area (Å²) in [6.45, 7) is 5.27. The highest BCUT2D eigenvalue weighted by Gasteiger charge is 2.63. The van der Waals surface area contributed by atoms with Crippen LogP contribution in [0.4, 0.5) is 4.79 Å². The average molecular weight is 887 g/mol. The van der Waals surface area contributed by atoms with E-state index < -0.39 is 68.2 Å². The lowest BCUT2D eigenvalue weighted by atomic mass is 10.0. The summed E-state index contributed by atoms with van der Waals surface area (Å²) in [6, 6.07) is 5.70. The molecule has 15 nitrogen and oxygen atoms in total. The Kier molecular flexibility index (Phi) is 12.5. The number of aromatic nitrogens is 1. The number of likely N-dealkylation sites (tertiary alicyclic amines) is 1. The van der Waals surface area contributed by atoms with Gasteiger partial charge < -0.3 is 34.6 Å². The lowest BCUT2D eigenvalue weighted by Gasteiger charge is -2.30. The molecule has 4 amide bonds. The van der Waals surface area contributed by atoms with Crippen molar-refractivity contribution in [1.82, 2.24) is 30.1 Å². The fourth-order valence-electron chi connectivity index (χ4n) is 9.82. The fraction of sp³-hybridized carbons (Fsp3) is 0.638. The van der Waals surface area contributed by atoms with E-state index in [4.69, 9.17) is 19.2 Å². The van der Waals surface area contributed by atoms with Crippen molar-refractivity contribution >= 4 is 50.8 Å². The summed E-state index contributed by atoms with van der Waals surface area (Å²) in [7, 11) is -4.00. The first-order chi connectivity index (χ1) is 30.4. The van der Waals surface area contributed by atoms with E-state index >= 15 is 0 Å². The summed E-state index contributed by atoms with van der Waals surface area (Å²) >= 11 is 0. The zero-order chi connectivity index (χ0) is 43.8. The molecule has 5 heterocycles. The average Bonchev–Trinajstić information content (AvgIpc) is 4.20. The first-order valence-electron chi connectivity index (χ1n) is 23.4. The number of ether oxygens (including phenoxy) is 3. The molecule has 9 rings (SSSR count). The number of alkyl carbamates (subject to hydrolysis) is 1. The summed E-state index contributed by atoms with van der Waals surface area (Å²) in [6.07, 6.45) is 17.4. The second-order valence-corrected chi connectivity index (χ2v) is 21.3. The predicted molar refractivity (Wildman–Crippen MR) is 236 cm³/mol. The van der Waals surface area contributed by atoms with Crippen molar-refractivity contribution in [2.24, 2.45) is 11.8 Å². The zero-order valence-corrected chi connectivity index (χ0v) is 37.2. The quantitative estimate of drug-likeness (QED) is 0.224.